The lowest BCUT2D eigenvalue weighted by Crippen LogP contribution is -2.37. The monoisotopic (exact) mass is 314 g/mol. The highest BCUT2D eigenvalue weighted by Gasteiger charge is 2.30. The molecular weight excluding hydrogens is 291 g/mol. The molecule has 4 nitrogen and oxygen atoms in total. The van der Waals surface area contributed by atoms with Crippen LogP contribution in [-0.2, 0) is 16.6 Å². The Morgan fingerprint density at radius 2 is 2.05 bits per heavy atom. The molecule has 1 aromatic rings. The van der Waals surface area contributed by atoms with E-state index in [1.165, 1.54) is 29.8 Å². The fourth-order valence-corrected chi connectivity index (χ4v) is 4.40. The highest BCUT2D eigenvalue weighted by atomic mass is 32.2. The van der Waals surface area contributed by atoms with Crippen LogP contribution in [0.2, 0.25) is 0 Å². The summed E-state index contributed by atoms with van der Waals surface area (Å²) in [5.41, 5.74) is 6.19. The normalized spacial score (nSPS) is 16.2. The quantitative estimate of drug-likeness (QED) is 0.877. The maximum absolute atomic E-state index is 13.9. The van der Waals surface area contributed by atoms with Crippen molar-refractivity contribution >= 4 is 10.0 Å². The fourth-order valence-electron chi connectivity index (χ4n) is 2.59. The zero-order valence-corrected chi connectivity index (χ0v) is 13.4. The zero-order chi connectivity index (χ0) is 15.6. The Bertz CT molecular complexity index is 612. The summed E-state index contributed by atoms with van der Waals surface area (Å²) in [5, 5.41) is 0. The summed E-state index contributed by atoms with van der Waals surface area (Å²) in [4.78, 5) is 0.0455. The van der Waals surface area contributed by atoms with Gasteiger partial charge in [-0.3, -0.25) is 0 Å². The Balaban J connectivity index is 2.39. The molecular formula is C15H23FN2O2S. The zero-order valence-electron chi connectivity index (χ0n) is 12.6. The van der Waals surface area contributed by atoms with Gasteiger partial charge in [-0.05, 0) is 43.4 Å². The van der Waals surface area contributed by atoms with Gasteiger partial charge in [0.05, 0.1) is 4.90 Å². The van der Waals surface area contributed by atoms with Gasteiger partial charge >= 0.3 is 0 Å². The van der Waals surface area contributed by atoms with E-state index in [1.54, 1.807) is 0 Å². The molecule has 0 unspecified atom stereocenters. The van der Waals surface area contributed by atoms with Gasteiger partial charge in [0.2, 0.25) is 10.0 Å². The van der Waals surface area contributed by atoms with Crippen LogP contribution >= 0.6 is 0 Å². The van der Waals surface area contributed by atoms with Crippen molar-refractivity contribution in [3.8, 4) is 0 Å². The van der Waals surface area contributed by atoms with Crippen LogP contribution in [0.3, 0.4) is 0 Å². The largest absolute Gasteiger partial charge is 0.326 e. The van der Waals surface area contributed by atoms with Crippen molar-refractivity contribution in [3.63, 3.8) is 0 Å². The molecule has 0 radical (unpaired) electrons. The first-order valence-corrected chi connectivity index (χ1v) is 8.83. The molecule has 1 aromatic carbocycles. The molecule has 0 bridgehead atoms. The van der Waals surface area contributed by atoms with E-state index in [4.69, 9.17) is 5.73 Å². The third-order valence-corrected chi connectivity index (χ3v) is 6.32. The number of nitrogens with two attached hydrogens (primary N) is 1. The van der Waals surface area contributed by atoms with Gasteiger partial charge < -0.3 is 5.73 Å². The van der Waals surface area contributed by atoms with Crippen molar-refractivity contribution in [2.24, 2.45) is 11.7 Å². The lowest BCUT2D eigenvalue weighted by atomic mass is 9.85. The maximum atomic E-state index is 13.9. The first kappa shape index (κ1) is 16.4. The molecule has 1 aliphatic carbocycles. The number of sulfonamides is 1. The first-order chi connectivity index (χ1) is 9.90. The Labute approximate surface area is 126 Å². The molecule has 1 aliphatic rings. The van der Waals surface area contributed by atoms with E-state index in [9.17, 15) is 12.8 Å². The van der Waals surface area contributed by atoms with Gasteiger partial charge in [-0.1, -0.05) is 13.3 Å². The third kappa shape index (κ3) is 3.27. The Kier molecular flexibility index (Phi) is 5.01. The SMILES string of the molecule is CCN(CC1CCC1)S(=O)(=O)c1cc(CN)cc(F)c1C. The average molecular weight is 314 g/mol. The predicted molar refractivity (Wildman–Crippen MR) is 80.8 cm³/mol. The molecule has 0 aromatic heterocycles. The summed E-state index contributed by atoms with van der Waals surface area (Å²) < 4.78 is 41.0. The van der Waals surface area contributed by atoms with E-state index in [2.05, 4.69) is 0 Å². The van der Waals surface area contributed by atoms with Gasteiger partial charge in [-0.15, -0.1) is 0 Å². The number of hydrogen-bond donors (Lipinski definition) is 1. The van der Waals surface area contributed by atoms with Crippen LogP contribution in [0.4, 0.5) is 4.39 Å². The molecule has 0 spiro atoms. The summed E-state index contributed by atoms with van der Waals surface area (Å²) in [6.45, 7) is 4.35. The Morgan fingerprint density at radius 1 is 1.38 bits per heavy atom. The van der Waals surface area contributed by atoms with Crippen LogP contribution in [0.1, 0.15) is 37.3 Å². The number of benzene rings is 1. The summed E-state index contributed by atoms with van der Waals surface area (Å²) in [5.74, 6) is -0.0845. The minimum absolute atomic E-state index is 0.0455. The molecule has 21 heavy (non-hydrogen) atoms. The van der Waals surface area contributed by atoms with Crippen molar-refractivity contribution in [2.75, 3.05) is 13.1 Å². The molecule has 2 N–H and O–H groups in total. The van der Waals surface area contributed by atoms with Crippen molar-refractivity contribution in [3.05, 3.63) is 29.1 Å². The second-order valence-corrected chi connectivity index (χ2v) is 7.56. The molecule has 0 aliphatic heterocycles. The lowest BCUT2D eigenvalue weighted by molar-refractivity contribution is 0.250. The first-order valence-electron chi connectivity index (χ1n) is 7.39. The van der Waals surface area contributed by atoms with E-state index >= 15 is 0 Å². The third-order valence-electron chi connectivity index (χ3n) is 4.25. The minimum atomic E-state index is -3.67. The molecule has 6 heteroatoms. The molecule has 118 valence electrons. The van der Waals surface area contributed by atoms with Gasteiger partial charge in [-0.2, -0.15) is 4.31 Å². The maximum Gasteiger partial charge on any atom is 0.243 e. The summed E-state index contributed by atoms with van der Waals surface area (Å²) in [6.07, 6.45) is 3.31. The van der Waals surface area contributed by atoms with Gasteiger partial charge in [-0.25, -0.2) is 12.8 Å². The topological polar surface area (TPSA) is 63.4 Å². The highest BCUT2D eigenvalue weighted by molar-refractivity contribution is 7.89. The Hall–Kier alpha value is -0.980. The number of nitrogens with zero attached hydrogens (tertiary/aromatic N) is 1. The van der Waals surface area contributed by atoms with Gasteiger partial charge in [0, 0.05) is 25.2 Å². The lowest BCUT2D eigenvalue weighted by Gasteiger charge is -2.31. The summed E-state index contributed by atoms with van der Waals surface area (Å²) in [6, 6.07) is 2.80. The van der Waals surface area contributed by atoms with Crippen molar-refractivity contribution in [1.82, 2.24) is 4.31 Å². The van der Waals surface area contributed by atoms with Crippen LogP contribution in [-0.4, -0.2) is 25.8 Å². The number of rotatable bonds is 6. The van der Waals surface area contributed by atoms with Crippen LogP contribution < -0.4 is 5.73 Å². The van der Waals surface area contributed by atoms with Crippen molar-refractivity contribution < 1.29 is 12.8 Å². The van der Waals surface area contributed by atoms with Crippen LogP contribution in [0, 0.1) is 18.7 Å². The molecule has 0 heterocycles. The highest BCUT2D eigenvalue weighted by Crippen LogP contribution is 2.30. The van der Waals surface area contributed by atoms with E-state index < -0.39 is 15.8 Å². The minimum Gasteiger partial charge on any atom is -0.326 e. The van der Waals surface area contributed by atoms with Crippen molar-refractivity contribution in [2.45, 2.75) is 44.6 Å². The predicted octanol–water partition coefficient (Wildman–Crippen LogP) is 2.40. The van der Waals surface area contributed by atoms with Gasteiger partial charge in [0.1, 0.15) is 5.82 Å². The standard InChI is InChI=1S/C15H23FN2O2S/c1-3-18(10-12-5-4-6-12)21(19,20)15-8-13(9-17)7-14(16)11(15)2/h7-8,12H,3-6,9-10,17H2,1-2H3. The number of halogens is 1. The molecule has 1 fully saturated rings. The van der Waals surface area contributed by atoms with E-state index in [1.807, 2.05) is 6.92 Å². The second-order valence-electron chi connectivity index (χ2n) is 5.66. The second kappa shape index (κ2) is 6.42. The molecule has 1 saturated carbocycles. The van der Waals surface area contributed by atoms with Gasteiger partial charge in [0.25, 0.3) is 0 Å². The summed E-state index contributed by atoms with van der Waals surface area (Å²) in [7, 11) is -3.67. The molecule has 0 saturated heterocycles. The van der Waals surface area contributed by atoms with Gasteiger partial charge in [0.15, 0.2) is 0 Å². The fraction of sp³-hybridized carbons (Fsp3) is 0.600. The van der Waals surface area contributed by atoms with Crippen LogP contribution in [0.5, 0.6) is 0 Å². The van der Waals surface area contributed by atoms with Crippen molar-refractivity contribution in [1.29, 1.82) is 0 Å². The summed E-state index contributed by atoms with van der Waals surface area (Å²) >= 11 is 0. The average Bonchev–Trinajstić information content (AvgIpc) is 2.40. The molecule has 2 rings (SSSR count). The van der Waals surface area contributed by atoms with E-state index in [0.29, 0.717) is 24.6 Å². The Morgan fingerprint density at radius 3 is 2.52 bits per heavy atom. The molecule has 0 atom stereocenters. The van der Waals surface area contributed by atoms with Crippen LogP contribution in [0.25, 0.3) is 0 Å². The number of hydrogen-bond acceptors (Lipinski definition) is 3. The molecule has 0 amide bonds. The van der Waals surface area contributed by atoms with Crippen LogP contribution in [0.15, 0.2) is 17.0 Å². The van der Waals surface area contributed by atoms with E-state index in [-0.39, 0.29) is 17.0 Å². The smallest absolute Gasteiger partial charge is 0.243 e. The van der Waals surface area contributed by atoms with E-state index in [0.717, 1.165) is 12.8 Å².